The highest BCUT2D eigenvalue weighted by Gasteiger charge is 2.53. The highest BCUT2D eigenvalue weighted by Crippen LogP contribution is 2.42. The van der Waals surface area contributed by atoms with E-state index in [9.17, 15) is 44.7 Å². The van der Waals surface area contributed by atoms with Crippen molar-refractivity contribution < 1.29 is 54.2 Å². The molecule has 6 N–H and O–H groups in total. The Morgan fingerprint density at radius 1 is 1.05 bits per heavy atom. The maximum atomic E-state index is 13.7. The van der Waals surface area contributed by atoms with Crippen LogP contribution in [0.15, 0.2) is 30.3 Å². The smallest absolute Gasteiger partial charge is 0.335 e. The fourth-order valence-electron chi connectivity index (χ4n) is 5.99. The van der Waals surface area contributed by atoms with Gasteiger partial charge < -0.3 is 39.9 Å². The van der Waals surface area contributed by atoms with Crippen LogP contribution < -0.4 is 5.32 Å². The molecule has 1 aromatic rings. The summed E-state index contributed by atoms with van der Waals surface area (Å²) < 4.78 is 10.3. The molecular weight excluding hydrogens is 528 g/mol. The summed E-state index contributed by atoms with van der Waals surface area (Å²) in [5.41, 5.74) is 0.959. The van der Waals surface area contributed by atoms with Crippen molar-refractivity contribution >= 4 is 23.8 Å². The number of ether oxygens (including phenoxy) is 2. The second kappa shape index (κ2) is 12.6. The first-order valence-electron chi connectivity index (χ1n) is 13.5. The molecule has 2 aliphatic heterocycles. The molecule has 0 aromatic heterocycles. The molecule has 4 rings (SSSR count). The third-order valence-electron chi connectivity index (χ3n) is 8.09. The van der Waals surface area contributed by atoms with Gasteiger partial charge in [-0.3, -0.25) is 14.9 Å². The highest BCUT2D eigenvalue weighted by molar-refractivity contribution is 5.89. The first kappa shape index (κ1) is 29.9. The number of hydrogen-bond acceptors (Lipinski definition) is 10. The second-order valence-electron chi connectivity index (χ2n) is 10.7. The van der Waals surface area contributed by atoms with Crippen LogP contribution in [0.3, 0.4) is 0 Å². The Labute approximate surface area is 230 Å². The van der Waals surface area contributed by atoms with Gasteiger partial charge >= 0.3 is 17.9 Å². The number of aliphatic carboxylic acids is 2. The van der Waals surface area contributed by atoms with Gasteiger partial charge in [0.05, 0.1) is 6.04 Å². The molecule has 0 spiro atoms. The predicted octanol–water partition coefficient (Wildman–Crippen LogP) is -0.744. The van der Waals surface area contributed by atoms with E-state index in [1.54, 1.807) is 0 Å². The molecule has 220 valence electrons. The van der Waals surface area contributed by atoms with Gasteiger partial charge in [-0.2, -0.15) is 0 Å². The average molecular weight is 565 g/mol. The first-order valence-corrected chi connectivity index (χ1v) is 13.5. The van der Waals surface area contributed by atoms with Crippen LogP contribution in [0.25, 0.3) is 0 Å². The normalized spacial score (nSPS) is 33.1. The number of aliphatic hydroxyl groups is 3. The fraction of sp³-hybridized carbons (Fsp3) is 0.630. The molecule has 0 bridgehead atoms. The molecule has 1 aromatic carbocycles. The molecule has 3 aliphatic rings. The minimum Gasteiger partial charge on any atom is -0.480 e. The Balaban J connectivity index is 1.45. The van der Waals surface area contributed by atoms with E-state index in [0.29, 0.717) is 12.8 Å². The van der Waals surface area contributed by atoms with Gasteiger partial charge in [0, 0.05) is 6.04 Å². The zero-order chi connectivity index (χ0) is 29.1. The van der Waals surface area contributed by atoms with Gasteiger partial charge in [0.2, 0.25) is 12.2 Å². The van der Waals surface area contributed by atoms with Crippen molar-refractivity contribution in [2.24, 2.45) is 5.92 Å². The van der Waals surface area contributed by atoms with Gasteiger partial charge in [0.1, 0.15) is 30.4 Å². The Hall–Kier alpha value is -3.10. The van der Waals surface area contributed by atoms with Gasteiger partial charge in [0.15, 0.2) is 6.10 Å². The number of amides is 1. The predicted molar refractivity (Wildman–Crippen MR) is 136 cm³/mol. The molecule has 0 radical (unpaired) electrons. The average Bonchev–Trinajstić information content (AvgIpc) is 3.52. The van der Waals surface area contributed by atoms with E-state index in [1.807, 2.05) is 30.3 Å². The minimum atomic E-state index is -1.94. The number of fused-ring (bicyclic) bond motifs is 1. The number of esters is 1. The molecule has 1 saturated carbocycles. The van der Waals surface area contributed by atoms with Gasteiger partial charge in [-0.25, -0.2) is 9.59 Å². The van der Waals surface area contributed by atoms with Crippen molar-refractivity contribution in [3.05, 3.63) is 35.9 Å². The number of carboxylic acid groups (broad SMARTS) is 2. The maximum absolute atomic E-state index is 13.7. The third kappa shape index (κ3) is 6.28. The number of rotatable bonds is 10. The molecule has 1 amide bonds. The van der Waals surface area contributed by atoms with Gasteiger partial charge in [0.25, 0.3) is 0 Å². The van der Waals surface area contributed by atoms with Crippen LogP contribution >= 0.6 is 0 Å². The number of aliphatic hydroxyl groups excluding tert-OH is 3. The van der Waals surface area contributed by atoms with Crippen LogP contribution in [0.2, 0.25) is 0 Å². The molecule has 0 unspecified atom stereocenters. The number of carbonyl (C=O) groups excluding carboxylic acids is 2. The summed E-state index contributed by atoms with van der Waals surface area (Å²) in [4.78, 5) is 51.7. The van der Waals surface area contributed by atoms with Gasteiger partial charge in [-0.15, -0.1) is 0 Å². The molecule has 10 atom stereocenters. The summed E-state index contributed by atoms with van der Waals surface area (Å²) in [7, 11) is 0. The van der Waals surface area contributed by atoms with Gasteiger partial charge in [-0.05, 0) is 50.5 Å². The third-order valence-corrected chi connectivity index (χ3v) is 8.09. The summed E-state index contributed by atoms with van der Waals surface area (Å²) >= 11 is 0. The monoisotopic (exact) mass is 564 g/mol. The van der Waals surface area contributed by atoms with Gasteiger partial charge in [-0.1, -0.05) is 36.8 Å². The van der Waals surface area contributed by atoms with Crippen LogP contribution in [0.1, 0.15) is 44.6 Å². The summed E-state index contributed by atoms with van der Waals surface area (Å²) in [6, 6.07) is 6.05. The summed E-state index contributed by atoms with van der Waals surface area (Å²) in [5, 5.41) is 52.1. The molecule has 13 heteroatoms. The van der Waals surface area contributed by atoms with Crippen molar-refractivity contribution in [3.8, 4) is 0 Å². The van der Waals surface area contributed by atoms with E-state index < -0.39 is 72.6 Å². The van der Waals surface area contributed by atoms with Crippen LogP contribution in [-0.2, 0) is 35.1 Å². The molecule has 13 nitrogen and oxygen atoms in total. The first-order chi connectivity index (χ1) is 19.0. The molecule has 40 heavy (non-hydrogen) atoms. The lowest BCUT2D eigenvalue weighted by Gasteiger charge is -2.39. The zero-order valence-corrected chi connectivity index (χ0v) is 22.0. The number of carboxylic acids is 2. The quantitative estimate of drug-likeness (QED) is 0.195. The van der Waals surface area contributed by atoms with Crippen molar-refractivity contribution in [1.82, 2.24) is 10.2 Å². The Morgan fingerprint density at radius 2 is 1.75 bits per heavy atom. The van der Waals surface area contributed by atoms with Crippen molar-refractivity contribution in [1.29, 1.82) is 0 Å². The second-order valence-corrected chi connectivity index (χ2v) is 10.7. The standard InChI is InChI=1S/C27H36N2O11/c1-13(28-16(24(34)35)11-10-14-6-3-2-4-7-14)23(33)29-17-9-5-8-15(17)12-18(29)26(38)40-27-21(32)19(30)20(31)22(39-27)25(36)37/h2-4,6-7,13,15-22,27-28,30-32H,5,8-12H2,1H3,(H,34,35)(H,36,37)/t13-,15-,16-,17-,18-,19-,20-,21+,22-,27-/m0/s1. The van der Waals surface area contributed by atoms with Crippen LogP contribution in [0, 0.1) is 5.92 Å². The number of nitrogens with one attached hydrogen (secondary N) is 1. The lowest BCUT2D eigenvalue weighted by atomic mass is 9.99. The lowest BCUT2D eigenvalue weighted by molar-refractivity contribution is -0.287. The molecule has 3 fully saturated rings. The lowest BCUT2D eigenvalue weighted by Crippen LogP contribution is -2.61. The highest BCUT2D eigenvalue weighted by atomic mass is 16.7. The van der Waals surface area contributed by atoms with Crippen molar-refractivity contribution in [3.63, 3.8) is 0 Å². The van der Waals surface area contributed by atoms with Crippen LogP contribution in [0.4, 0.5) is 0 Å². The maximum Gasteiger partial charge on any atom is 0.335 e. The van der Waals surface area contributed by atoms with Crippen LogP contribution in [-0.4, -0.2) is 109 Å². The number of aryl methyl sites for hydroxylation is 1. The number of carbonyl (C=O) groups is 4. The summed E-state index contributed by atoms with van der Waals surface area (Å²) in [6.07, 6.45) is -6.34. The molecule has 1 aliphatic carbocycles. The summed E-state index contributed by atoms with van der Waals surface area (Å²) in [6.45, 7) is 1.54. The van der Waals surface area contributed by atoms with Crippen LogP contribution in [0.5, 0.6) is 0 Å². The number of nitrogens with zero attached hydrogens (tertiary/aromatic N) is 1. The Kier molecular flexibility index (Phi) is 9.41. The zero-order valence-electron chi connectivity index (χ0n) is 22.0. The Bertz CT molecular complexity index is 1090. The van der Waals surface area contributed by atoms with E-state index >= 15 is 0 Å². The molecular formula is C27H36N2O11. The summed E-state index contributed by atoms with van der Waals surface area (Å²) in [5.74, 6) is -4.15. The van der Waals surface area contributed by atoms with Crippen molar-refractivity contribution in [2.75, 3.05) is 0 Å². The number of hydrogen-bond donors (Lipinski definition) is 6. The fourth-order valence-corrected chi connectivity index (χ4v) is 5.99. The topological polar surface area (TPSA) is 203 Å². The Morgan fingerprint density at radius 3 is 2.40 bits per heavy atom. The van der Waals surface area contributed by atoms with E-state index in [2.05, 4.69) is 5.32 Å². The van der Waals surface area contributed by atoms with Crippen molar-refractivity contribution in [2.45, 2.75) is 100 Å². The van der Waals surface area contributed by atoms with E-state index in [-0.39, 0.29) is 24.8 Å². The minimum absolute atomic E-state index is 0.0124. The number of benzene rings is 1. The van der Waals surface area contributed by atoms with E-state index in [0.717, 1.165) is 18.4 Å². The largest absolute Gasteiger partial charge is 0.480 e. The molecule has 2 saturated heterocycles. The van der Waals surface area contributed by atoms with E-state index in [4.69, 9.17) is 9.47 Å². The SMILES string of the molecule is C[C@H](N[C@@H](CCc1ccccc1)C(=O)O)C(=O)N1[C@H](C(=O)O[C@@H]2O[C@H](C(=O)O)[C@@H](O)[C@H](O)[C@H]2O)C[C@@H]2CCC[C@@H]21. The number of likely N-dealkylation sites (tertiary alicyclic amines) is 1. The van der Waals surface area contributed by atoms with E-state index in [1.165, 1.54) is 11.8 Å². The molecule has 2 heterocycles.